The third kappa shape index (κ3) is 10.1. The molecule has 0 spiro atoms. The number of carbonyl (C=O) groups is 4. The van der Waals surface area contributed by atoms with E-state index in [1.54, 1.807) is 4.90 Å². The number of piperidine rings is 3. The summed E-state index contributed by atoms with van der Waals surface area (Å²) in [6, 6.07) is 9.78. The topological polar surface area (TPSA) is 169 Å². The van der Waals surface area contributed by atoms with Gasteiger partial charge in [-0.25, -0.2) is 9.59 Å². The zero-order valence-corrected chi connectivity index (χ0v) is 34.2. The van der Waals surface area contributed by atoms with Crippen LogP contribution in [0.2, 0.25) is 0 Å². The number of halogens is 2. The van der Waals surface area contributed by atoms with Gasteiger partial charge >= 0.3 is 12.1 Å². The van der Waals surface area contributed by atoms with E-state index in [2.05, 4.69) is 52.7 Å². The predicted octanol–water partition coefficient (Wildman–Crippen LogP) is 5.02. The molecule has 3 fully saturated rings. The number of benzene rings is 2. The summed E-state index contributed by atoms with van der Waals surface area (Å²) in [6.45, 7) is 5.49. The van der Waals surface area contributed by atoms with Crippen molar-refractivity contribution in [2.45, 2.75) is 101 Å². The lowest BCUT2D eigenvalue weighted by Gasteiger charge is -2.41. The summed E-state index contributed by atoms with van der Waals surface area (Å²) in [6.07, 6.45) is 8.95. The first kappa shape index (κ1) is 40.3. The van der Waals surface area contributed by atoms with Gasteiger partial charge in [0.05, 0.1) is 5.69 Å². The van der Waals surface area contributed by atoms with Crippen molar-refractivity contribution >= 4 is 67.1 Å². The highest BCUT2D eigenvalue weighted by Crippen LogP contribution is 2.31. The Hall–Kier alpha value is -3.40. The van der Waals surface area contributed by atoms with Gasteiger partial charge in [-0.1, -0.05) is 24.6 Å². The SMILES string of the molecule is NCCCC[C@H](NC(=O)[C@@H](Cc1cc(Br)c(N)c(Br)c1)NC(=O)N1CCC(N2Cc3ccccc3NC2=O)CC1)C(=O)N1CCC(N2CCCCC2)CC1. The number of nitrogens with two attached hydrogens (primary N) is 2. The Morgan fingerprint density at radius 3 is 2.17 bits per heavy atom. The summed E-state index contributed by atoms with van der Waals surface area (Å²) >= 11 is 7.02. The third-order valence-electron chi connectivity index (χ3n) is 11.5. The van der Waals surface area contributed by atoms with E-state index in [0.29, 0.717) is 85.6 Å². The zero-order valence-electron chi connectivity index (χ0n) is 31.0. The van der Waals surface area contributed by atoms with E-state index in [0.717, 1.165) is 49.2 Å². The molecule has 4 aliphatic heterocycles. The molecule has 6 amide bonds. The minimum atomic E-state index is -0.961. The van der Waals surface area contributed by atoms with Gasteiger partial charge in [-0.3, -0.25) is 9.59 Å². The molecule has 7 N–H and O–H groups in total. The average molecular weight is 874 g/mol. The summed E-state index contributed by atoms with van der Waals surface area (Å²) in [7, 11) is 0. The molecule has 2 aromatic carbocycles. The van der Waals surface area contributed by atoms with Gasteiger partial charge in [-0.2, -0.15) is 0 Å². The quantitative estimate of drug-likeness (QED) is 0.148. The zero-order chi connectivity index (χ0) is 38.2. The summed E-state index contributed by atoms with van der Waals surface area (Å²) in [5, 5.41) is 9.06. The molecule has 0 saturated carbocycles. The summed E-state index contributed by atoms with van der Waals surface area (Å²) < 4.78 is 1.35. The number of urea groups is 2. The van der Waals surface area contributed by atoms with Crippen LogP contribution in [-0.2, 0) is 22.6 Å². The van der Waals surface area contributed by atoms with E-state index in [9.17, 15) is 19.2 Å². The Morgan fingerprint density at radius 1 is 0.833 bits per heavy atom. The van der Waals surface area contributed by atoms with Gasteiger partial charge in [0.2, 0.25) is 11.8 Å². The van der Waals surface area contributed by atoms with Crippen LogP contribution in [-0.4, -0.2) is 113 Å². The largest absolute Gasteiger partial charge is 0.397 e. The molecule has 0 radical (unpaired) electrons. The Balaban J connectivity index is 1.12. The molecule has 3 saturated heterocycles. The third-order valence-corrected chi connectivity index (χ3v) is 12.8. The maximum absolute atomic E-state index is 14.2. The number of likely N-dealkylation sites (tertiary alicyclic amines) is 3. The van der Waals surface area contributed by atoms with Gasteiger partial charge in [0, 0.05) is 65.9 Å². The van der Waals surface area contributed by atoms with E-state index in [1.807, 2.05) is 46.2 Å². The van der Waals surface area contributed by atoms with E-state index in [1.165, 1.54) is 19.3 Å². The molecule has 0 aromatic heterocycles. The minimum absolute atomic E-state index is 0.0174. The fourth-order valence-corrected chi connectivity index (χ4v) is 9.60. The second kappa shape index (κ2) is 19.0. The molecule has 2 atom stereocenters. The number of para-hydroxylation sites is 1. The molecule has 0 aliphatic carbocycles. The Bertz CT molecular complexity index is 1620. The molecular formula is C39H55Br2N9O4. The smallest absolute Gasteiger partial charge is 0.322 e. The van der Waals surface area contributed by atoms with E-state index in [4.69, 9.17) is 11.5 Å². The van der Waals surface area contributed by atoms with Crippen LogP contribution < -0.4 is 27.4 Å². The Labute approximate surface area is 335 Å². The molecule has 294 valence electrons. The first-order valence-corrected chi connectivity index (χ1v) is 21.2. The van der Waals surface area contributed by atoms with Crippen LogP contribution in [0.5, 0.6) is 0 Å². The molecule has 2 aromatic rings. The lowest BCUT2D eigenvalue weighted by atomic mass is 9.98. The van der Waals surface area contributed by atoms with Crippen molar-refractivity contribution in [2.75, 3.05) is 56.9 Å². The molecular weight excluding hydrogens is 818 g/mol. The van der Waals surface area contributed by atoms with Gasteiger partial charge in [0.25, 0.3) is 0 Å². The van der Waals surface area contributed by atoms with Gasteiger partial charge in [-0.15, -0.1) is 0 Å². The molecule has 13 nitrogen and oxygen atoms in total. The van der Waals surface area contributed by atoms with Crippen LogP contribution in [0.1, 0.15) is 75.3 Å². The number of fused-ring (bicyclic) bond motifs is 1. The van der Waals surface area contributed by atoms with Gasteiger partial charge in [0.15, 0.2) is 0 Å². The summed E-state index contributed by atoms with van der Waals surface area (Å²) in [5.74, 6) is -0.493. The minimum Gasteiger partial charge on any atom is -0.397 e. The standard InChI is InChI=1S/C39H55Br2N9O4/c40-30-22-26(23-31(41)35(30)43)24-34(46-38(53)49-20-13-29(14-21-49)50-25-27-8-2-3-9-32(27)45-39(50)54)36(51)44-33(10-4-5-15-42)37(52)48-18-11-28(12-19-48)47-16-6-1-7-17-47/h2-3,8-9,22-23,28-29,33-34H,1,4-7,10-21,24-25,42-43H2,(H,44,51)(H,45,54)(H,46,53)/t33-,34+/m0/s1. The highest BCUT2D eigenvalue weighted by atomic mass is 79.9. The normalized spacial score (nSPS) is 19.8. The lowest BCUT2D eigenvalue weighted by Crippen LogP contribution is -2.58. The van der Waals surface area contributed by atoms with Gasteiger partial charge in [0.1, 0.15) is 12.1 Å². The molecule has 54 heavy (non-hydrogen) atoms. The number of amides is 6. The number of nitrogens with one attached hydrogen (secondary N) is 3. The van der Waals surface area contributed by atoms with Crippen LogP contribution in [0.4, 0.5) is 21.0 Å². The van der Waals surface area contributed by atoms with Crippen molar-refractivity contribution in [1.82, 2.24) is 30.2 Å². The van der Waals surface area contributed by atoms with Crippen LogP contribution in [0.25, 0.3) is 0 Å². The van der Waals surface area contributed by atoms with Crippen molar-refractivity contribution < 1.29 is 19.2 Å². The molecule has 0 unspecified atom stereocenters. The van der Waals surface area contributed by atoms with Crippen LogP contribution in [0.3, 0.4) is 0 Å². The molecule has 6 rings (SSSR count). The van der Waals surface area contributed by atoms with Crippen LogP contribution in [0.15, 0.2) is 45.3 Å². The Kier molecular flexibility index (Phi) is 14.1. The number of carbonyl (C=O) groups excluding carboxylic acids is 4. The van der Waals surface area contributed by atoms with Crippen molar-refractivity contribution in [3.05, 3.63) is 56.5 Å². The second-order valence-electron chi connectivity index (χ2n) is 15.1. The molecule has 0 bridgehead atoms. The summed E-state index contributed by atoms with van der Waals surface area (Å²) in [4.78, 5) is 63.2. The highest BCUT2D eigenvalue weighted by molar-refractivity contribution is 9.11. The number of rotatable bonds is 12. The monoisotopic (exact) mass is 871 g/mol. The fraction of sp³-hybridized carbons (Fsp3) is 0.590. The Morgan fingerprint density at radius 2 is 1.48 bits per heavy atom. The van der Waals surface area contributed by atoms with Gasteiger partial charge in [-0.05, 0) is 139 Å². The number of unbranched alkanes of at least 4 members (excludes halogenated alkanes) is 1. The number of nitrogens with zero attached hydrogens (tertiary/aromatic N) is 4. The maximum atomic E-state index is 14.2. The molecule has 4 heterocycles. The van der Waals surface area contributed by atoms with Gasteiger partial charge < -0.3 is 47.0 Å². The highest BCUT2D eigenvalue weighted by Gasteiger charge is 2.36. The fourth-order valence-electron chi connectivity index (χ4n) is 8.32. The van der Waals surface area contributed by atoms with E-state index >= 15 is 0 Å². The summed E-state index contributed by atoms with van der Waals surface area (Å²) in [5.41, 5.74) is 15.2. The number of anilines is 2. The van der Waals surface area contributed by atoms with Crippen molar-refractivity contribution in [3.8, 4) is 0 Å². The molecule has 4 aliphatic rings. The maximum Gasteiger partial charge on any atom is 0.322 e. The van der Waals surface area contributed by atoms with E-state index < -0.39 is 18.0 Å². The number of hydrogen-bond donors (Lipinski definition) is 5. The van der Waals surface area contributed by atoms with Crippen molar-refractivity contribution in [2.24, 2.45) is 5.73 Å². The van der Waals surface area contributed by atoms with Crippen molar-refractivity contribution in [3.63, 3.8) is 0 Å². The second-order valence-corrected chi connectivity index (χ2v) is 16.8. The lowest BCUT2D eigenvalue weighted by molar-refractivity contribution is -0.138. The predicted molar refractivity (Wildman–Crippen MR) is 218 cm³/mol. The van der Waals surface area contributed by atoms with Crippen LogP contribution >= 0.6 is 31.9 Å². The first-order chi connectivity index (χ1) is 26.1. The van der Waals surface area contributed by atoms with Crippen LogP contribution in [0, 0.1) is 0 Å². The number of hydrogen-bond acceptors (Lipinski definition) is 7. The number of nitrogen functional groups attached to an aromatic ring is 1. The molecule has 15 heteroatoms. The first-order valence-electron chi connectivity index (χ1n) is 19.6. The van der Waals surface area contributed by atoms with Crippen molar-refractivity contribution in [1.29, 1.82) is 0 Å². The average Bonchev–Trinajstić information content (AvgIpc) is 3.19. The van der Waals surface area contributed by atoms with E-state index in [-0.39, 0.29) is 30.4 Å².